The minimum Gasteiger partial charge on any atom is -0.356 e. The standard InChI is InChI=1S/C7H11NO2/c1-9-7-4-6(5-8)2-3-10-7/h6-7H,2-4H2,1H3. The molecule has 1 heterocycles. The van der Waals surface area contributed by atoms with Crippen LogP contribution in [0.15, 0.2) is 0 Å². The van der Waals surface area contributed by atoms with Gasteiger partial charge in [0.05, 0.1) is 18.6 Å². The van der Waals surface area contributed by atoms with Gasteiger partial charge in [-0.1, -0.05) is 0 Å². The van der Waals surface area contributed by atoms with Crippen molar-refractivity contribution in [1.82, 2.24) is 0 Å². The Kier molecular flexibility index (Phi) is 2.67. The van der Waals surface area contributed by atoms with Gasteiger partial charge in [0.15, 0.2) is 6.29 Å². The molecule has 10 heavy (non-hydrogen) atoms. The Hall–Kier alpha value is -0.590. The molecule has 0 bridgehead atoms. The van der Waals surface area contributed by atoms with Gasteiger partial charge < -0.3 is 9.47 Å². The minimum atomic E-state index is -0.154. The average molecular weight is 141 g/mol. The maximum absolute atomic E-state index is 8.54. The zero-order valence-electron chi connectivity index (χ0n) is 6.04. The first-order valence-corrected chi connectivity index (χ1v) is 3.41. The largest absolute Gasteiger partial charge is 0.356 e. The highest BCUT2D eigenvalue weighted by Gasteiger charge is 2.21. The third-order valence-electron chi connectivity index (χ3n) is 1.69. The molecule has 0 aromatic carbocycles. The van der Waals surface area contributed by atoms with E-state index in [1.807, 2.05) is 0 Å². The number of nitrogens with zero attached hydrogens (tertiary/aromatic N) is 1. The predicted octanol–water partition coefficient (Wildman–Crippen LogP) is 0.909. The highest BCUT2D eigenvalue weighted by atomic mass is 16.7. The fourth-order valence-electron chi connectivity index (χ4n) is 1.04. The van der Waals surface area contributed by atoms with Crippen LogP contribution in [0, 0.1) is 17.2 Å². The summed E-state index contributed by atoms with van der Waals surface area (Å²) in [6, 6.07) is 2.21. The highest BCUT2D eigenvalue weighted by Crippen LogP contribution is 2.19. The Labute approximate surface area is 60.5 Å². The van der Waals surface area contributed by atoms with Gasteiger partial charge in [-0.3, -0.25) is 0 Å². The van der Waals surface area contributed by atoms with Gasteiger partial charge >= 0.3 is 0 Å². The first-order valence-electron chi connectivity index (χ1n) is 3.41. The van der Waals surface area contributed by atoms with Gasteiger partial charge in [0.25, 0.3) is 0 Å². The third kappa shape index (κ3) is 1.69. The van der Waals surface area contributed by atoms with Crippen LogP contribution in [0.3, 0.4) is 0 Å². The molecular formula is C7H11NO2. The van der Waals surface area contributed by atoms with Crippen molar-refractivity contribution in [3.05, 3.63) is 0 Å². The smallest absolute Gasteiger partial charge is 0.158 e. The molecule has 0 saturated carbocycles. The van der Waals surface area contributed by atoms with E-state index < -0.39 is 0 Å². The van der Waals surface area contributed by atoms with Crippen LogP contribution in [0.1, 0.15) is 12.8 Å². The van der Waals surface area contributed by atoms with Crippen molar-refractivity contribution in [3.8, 4) is 6.07 Å². The van der Waals surface area contributed by atoms with Gasteiger partial charge in [-0.2, -0.15) is 5.26 Å². The van der Waals surface area contributed by atoms with Crippen molar-refractivity contribution >= 4 is 0 Å². The molecule has 1 aliphatic rings. The molecule has 0 spiro atoms. The molecule has 0 radical (unpaired) electrons. The van der Waals surface area contributed by atoms with Gasteiger partial charge in [-0.25, -0.2) is 0 Å². The summed E-state index contributed by atoms with van der Waals surface area (Å²) in [6.07, 6.45) is 1.40. The number of hydrogen-bond donors (Lipinski definition) is 0. The lowest BCUT2D eigenvalue weighted by Gasteiger charge is -2.23. The molecule has 0 N–H and O–H groups in total. The third-order valence-corrected chi connectivity index (χ3v) is 1.69. The van der Waals surface area contributed by atoms with Crippen LogP contribution in [0.4, 0.5) is 0 Å². The zero-order chi connectivity index (χ0) is 7.40. The van der Waals surface area contributed by atoms with Gasteiger partial charge in [-0.15, -0.1) is 0 Å². The first kappa shape index (κ1) is 7.52. The van der Waals surface area contributed by atoms with Crippen LogP contribution in [-0.2, 0) is 9.47 Å². The lowest BCUT2D eigenvalue weighted by atomic mass is 10.0. The van der Waals surface area contributed by atoms with Gasteiger partial charge in [0.2, 0.25) is 0 Å². The number of nitriles is 1. The maximum Gasteiger partial charge on any atom is 0.158 e. The second kappa shape index (κ2) is 3.55. The monoisotopic (exact) mass is 141 g/mol. The molecule has 0 aliphatic carbocycles. The molecule has 1 fully saturated rings. The van der Waals surface area contributed by atoms with E-state index in [4.69, 9.17) is 14.7 Å². The topological polar surface area (TPSA) is 42.2 Å². The van der Waals surface area contributed by atoms with Crippen molar-refractivity contribution < 1.29 is 9.47 Å². The first-order chi connectivity index (χ1) is 4.86. The van der Waals surface area contributed by atoms with E-state index >= 15 is 0 Å². The zero-order valence-corrected chi connectivity index (χ0v) is 6.04. The molecule has 0 aromatic rings. The van der Waals surface area contributed by atoms with E-state index in [1.165, 1.54) is 0 Å². The predicted molar refractivity (Wildman–Crippen MR) is 35.1 cm³/mol. The van der Waals surface area contributed by atoms with Crippen LogP contribution in [0.5, 0.6) is 0 Å². The number of rotatable bonds is 1. The van der Waals surface area contributed by atoms with Crippen LogP contribution >= 0.6 is 0 Å². The van der Waals surface area contributed by atoms with Crippen molar-refractivity contribution in [2.75, 3.05) is 13.7 Å². The molecule has 0 aromatic heterocycles. The second-order valence-electron chi connectivity index (χ2n) is 2.39. The van der Waals surface area contributed by atoms with Crippen LogP contribution in [0.2, 0.25) is 0 Å². The van der Waals surface area contributed by atoms with E-state index in [-0.39, 0.29) is 12.2 Å². The van der Waals surface area contributed by atoms with E-state index in [0.29, 0.717) is 13.0 Å². The number of ether oxygens (including phenoxy) is 2. The van der Waals surface area contributed by atoms with E-state index in [9.17, 15) is 0 Å². The quantitative estimate of drug-likeness (QED) is 0.545. The second-order valence-corrected chi connectivity index (χ2v) is 2.39. The number of methoxy groups -OCH3 is 1. The molecule has 1 aliphatic heterocycles. The molecule has 2 atom stereocenters. The van der Waals surface area contributed by atoms with Crippen LogP contribution in [-0.4, -0.2) is 20.0 Å². The maximum atomic E-state index is 8.54. The summed E-state index contributed by atoms with van der Waals surface area (Å²) in [5.41, 5.74) is 0. The summed E-state index contributed by atoms with van der Waals surface area (Å²) in [5, 5.41) is 8.54. The average Bonchev–Trinajstić information content (AvgIpc) is 2.05. The molecular weight excluding hydrogens is 130 g/mol. The summed E-state index contributed by atoms with van der Waals surface area (Å²) in [7, 11) is 1.60. The van der Waals surface area contributed by atoms with Crippen molar-refractivity contribution in [1.29, 1.82) is 5.26 Å². The molecule has 3 nitrogen and oxygen atoms in total. The minimum absolute atomic E-state index is 0.124. The van der Waals surface area contributed by atoms with E-state index in [1.54, 1.807) is 7.11 Å². The molecule has 0 amide bonds. The highest BCUT2D eigenvalue weighted by molar-refractivity contribution is 4.85. The summed E-state index contributed by atoms with van der Waals surface area (Å²) in [4.78, 5) is 0. The molecule has 1 rings (SSSR count). The van der Waals surface area contributed by atoms with Crippen LogP contribution in [0.25, 0.3) is 0 Å². The van der Waals surface area contributed by atoms with Gasteiger partial charge in [0, 0.05) is 13.5 Å². The SMILES string of the molecule is COC1CC(C#N)CCO1. The fourth-order valence-corrected chi connectivity index (χ4v) is 1.04. The summed E-state index contributed by atoms with van der Waals surface area (Å²) >= 11 is 0. The molecule has 56 valence electrons. The summed E-state index contributed by atoms with van der Waals surface area (Å²) in [5.74, 6) is 0.124. The van der Waals surface area contributed by atoms with Crippen molar-refractivity contribution in [2.24, 2.45) is 5.92 Å². The lowest BCUT2D eigenvalue weighted by Crippen LogP contribution is -2.26. The normalized spacial score (nSPS) is 33.2. The van der Waals surface area contributed by atoms with Crippen LogP contribution < -0.4 is 0 Å². The van der Waals surface area contributed by atoms with Gasteiger partial charge in [-0.05, 0) is 6.42 Å². The lowest BCUT2D eigenvalue weighted by molar-refractivity contribution is -0.153. The Morgan fingerprint density at radius 1 is 1.70 bits per heavy atom. The molecule has 3 heteroatoms. The summed E-state index contributed by atoms with van der Waals surface area (Å²) in [6.45, 7) is 0.650. The Morgan fingerprint density at radius 3 is 3.10 bits per heavy atom. The number of hydrogen-bond acceptors (Lipinski definition) is 3. The molecule has 1 saturated heterocycles. The van der Waals surface area contributed by atoms with E-state index in [2.05, 4.69) is 6.07 Å². The Bertz CT molecular complexity index is 141. The molecule has 2 unspecified atom stereocenters. The Balaban J connectivity index is 2.33. The summed E-state index contributed by atoms with van der Waals surface area (Å²) < 4.78 is 10.1. The van der Waals surface area contributed by atoms with Crippen molar-refractivity contribution in [3.63, 3.8) is 0 Å². The fraction of sp³-hybridized carbons (Fsp3) is 0.857. The van der Waals surface area contributed by atoms with E-state index in [0.717, 1.165) is 6.42 Å². The Morgan fingerprint density at radius 2 is 2.50 bits per heavy atom. The van der Waals surface area contributed by atoms with Crippen molar-refractivity contribution in [2.45, 2.75) is 19.1 Å². The van der Waals surface area contributed by atoms with Gasteiger partial charge in [0.1, 0.15) is 0 Å².